The molecule has 6 heteroatoms. The Hall–Kier alpha value is -2.37. The molecule has 1 aliphatic rings. The van der Waals surface area contributed by atoms with E-state index in [4.69, 9.17) is 10.7 Å². The Bertz CT molecular complexity index is 935. The largest absolute Gasteiger partial charge is 0.330 e. The van der Waals surface area contributed by atoms with Crippen LogP contribution in [0.15, 0.2) is 48.5 Å². The first-order chi connectivity index (χ1) is 12.7. The molecule has 1 aliphatic carbocycles. The molecule has 27 heavy (non-hydrogen) atoms. The van der Waals surface area contributed by atoms with Gasteiger partial charge in [0.1, 0.15) is 5.82 Å². The molecule has 1 heterocycles. The molecular weight excluding hydrogens is 360 g/mol. The van der Waals surface area contributed by atoms with Gasteiger partial charge in [-0.15, -0.1) is 12.4 Å². The van der Waals surface area contributed by atoms with Crippen molar-refractivity contribution in [1.29, 1.82) is 0 Å². The molecule has 3 N–H and O–H groups in total. The average molecular weight is 385 g/mol. The van der Waals surface area contributed by atoms with Crippen LogP contribution in [-0.4, -0.2) is 22.0 Å². The van der Waals surface area contributed by atoms with E-state index in [2.05, 4.69) is 16.0 Å². The summed E-state index contributed by atoms with van der Waals surface area (Å²) in [6.45, 7) is 0.587. The molecule has 1 saturated carbocycles. The number of benzene rings is 2. The van der Waals surface area contributed by atoms with Crippen molar-refractivity contribution >= 4 is 35.0 Å². The summed E-state index contributed by atoms with van der Waals surface area (Å²) in [6, 6.07) is 16.0. The van der Waals surface area contributed by atoms with E-state index in [-0.39, 0.29) is 24.2 Å². The number of anilines is 1. The van der Waals surface area contributed by atoms with Crippen molar-refractivity contribution in [3.63, 3.8) is 0 Å². The molecule has 0 bridgehead atoms. The molecule has 1 fully saturated rings. The van der Waals surface area contributed by atoms with Crippen molar-refractivity contribution in [2.45, 2.75) is 19.3 Å². The number of nitrogens with one attached hydrogen (secondary N) is 1. The molecule has 142 valence electrons. The Morgan fingerprint density at radius 3 is 2.63 bits per heavy atom. The Labute approximate surface area is 165 Å². The number of aryl methyl sites for hydroxylation is 1. The van der Waals surface area contributed by atoms with E-state index >= 15 is 0 Å². The van der Waals surface area contributed by atoms with Gasteiger partial charge in [0, 0.05) is 24.2 Å². The lowest BCUT2D eigenvalue weighted by Gasteiger charge is -2.17. The van der Waals surface area contributed by atoms with Crippen LogP contribution in [0.5, 0.6) is 0 Å². The Morgan fingerprint density at radius 1 is 1.19 bits per heavy atom. The van der Waals surface area contributed by atoms with Crippen LogP contribution in [-0.2, 0) is 11.8 Å². The first-order valence-electron chi connectivity index (χ1n) is 9.20. The fourth-order valence-corrected chi connectivity index (χ4v) is 4.01. The quantitative estimate of drug-likeness (QED) is 0.714. The molecule has 0 aliphatic heterocycles. The van der Waals surface area contributed by atoms with Gasteiger partial charge in [-0.05, 0) is 61.7 Å². The standard InChI is InChI=1S/C21H24N4O.ClH/c1-25-19-8-3-2-7-18(19)24-20(25)14-9-11-16(12-10-14)23-21(26)17-6-4-5-15(17)13-22;/h2-3,7-12,15,17H,4-6,13,22H2,1H3,(H,23,26);1H/t15-,17-;/m1./s1. The second kappa shape index (κ2) is 8.11. The maximum atomic E-state index is 12.5. The van der Waals surface area contributed by atoms with E-state index in [1.54, 1.807) is 0 Å². The second-order valence-electron chi connectivity index (χ2n) is 7.08. The van der Waals surface area contributed by atoms with Gasteiger partial charge in [0.15, 0.2) is 0 Å². The zero-order chi connectivity index (χ0) is 18.1. The van der Waals surface area contributed by atoms with Crippen LogP contribution in [0.25, 0.3) is 22.4 Å². The molecule has 0 spiro atoms. The number of amides is 1. The second-order valence-corrected chi connectivity index (χ2v) is 7.08. The molecule has 5 nitrogen and oxygen atoms in total. The molecule has 2 atom stereocenters. The Balaban J connectivity index is 0.00000210. The zero-order valence-electron chi connectivity index (χ0n) is 15.4. The number of imidazole rings is 1. The van der Waals surface area contributed by atoms with E-state index in [1.807, 2.05) is 49.5 Å². The zero-order valence-corrected chi connectivity index (χ0v) is 16.2. The van der Waals surface area contributed by atoms with Crippen LogP contribution >= 0.6 is 12.4 Å². The van der Waals surface area contributed by atoms with E-state index in [9.17, 15) is 4.79 Å². The molecular formula is C21H25ClN4O. The van der Waals surface area contributed by atoms with Crippen LogP contribution in [0.1, 0.15) is 19.3 Å². The minimum Gasteiger partial charge on any atom is -0.330 e. The predicted octanol–water partition coefficient (Wildman–Crippen LogP) is 3.98. The van der Waals surface area contributed by atoms with Crippen LogP contribution in [0.3, 0.4) is 0 Å². The maximum Gasteiger partial charge on any atom is 0.227 e. The van der Waals surface area contributed by atoms with Gasteiger partial charge in [0.25, 0.3) is 0 Å². The summed E-state index contributed by atoms with van der Waals surface area (Å²) in [5.74, 6) is 1.37. The molecule has 2 aromatic carbocycles. The Kier molecular flexibility index (Phi) is 5.82. The van der Waals surface area contributed by atoms with Gasteiger partial charge < -0.3 is 15.6 Å². The number of fused-ring (bicyclic) bond motifs is 1. The summed E-state index contributed by atoms with van der Waals surface area (Å²) >= 11 is 0. The van der Waals surface area contributed by atoms with Gasteiger partial charge in [0.05, 0.1) is 11.0 Å². The topological polar surface area (TPSA) is 72.9 Å². The molecule has 1 amide bonds. The van der Waals surface area contributed by atoms with E-state index in [0.29, 0.717) is 12.5 Å². The highest BCUT2D eigenvalue weighted by molar-refractivity contribution is 5.93. The highest BCUT2D eigenvalue weighted by Gasteiger charge is 2.31. The van der Waals surface area contributed by atoms with E-state index < -0.39 is 0 Å². The van der Waals surface area contributed by atoms with Crippen LogP contribution in [0, 0.1) is 11.8 Å². The van der Waals surface area contributed by atoms with Gasteiger partial charge >= 0.3 is 0 Å². The molecule has 4 rings (SSSR count). The third kappa shape index (κ3) is 3.70. The third-order valence-corrected chi connectivity index (χ3v) is 5.50. The van der Waals surface area contributed by atoms with Gasteiger partial charge in [-0.25, -0.2) is 4.98 Å². The number of rotatable bonds is 4. The molecule has 3 aromatic rings. The van der Waals surface area contributed by atoms with Crippen molar-refractivity contribution in [3.8, 4) is 11.4 Å². The summed E-state index contributed by atoms with van der Waals surface area (Å²) < 4.78 is 2.09. The first-order valence-corrected chi connectivity index (χ1v) is 9.20. The van der Waals surface area contributed by atoms with Crippen LogP contribution < -0.4 is 11.1 Å². The molecule has 1 aromatic heterocycles. The highest BCUT2D eigenvalue weighted by atomic mass is 35.5. The summed E-state index contributed by atoms with van der Waals surface area (Å²) in [5, 5.41) is 3.05. The number of para-hydroxylation sites is 2. The van der Waals surface area contributed by atoms with Gasteiger partial charge in [-0.3, -0.25) is 4.79 Å². The first kappa shape index (κ1) is 19.4. The van der Waals surface area contributed by atoms with E-state index in [1.165, 1.54) is 0 Å². The SMILES string of the molecule is Cl.Cn1c(-c2ccc(NC(=O)[C@@H]3CCC[C@@H]3CN)cc2)nc2ccccc21. The minimum absolute atomic E-state index is 0. The lowest BCUT2D eigenvalue weighted by molar-refractivity contribution is -0.120. The molecule has 0 unspecified atom stereocenters. The molecule has 0 radical (unpaired) electrons. The number of carbonyl (C=O) groups is 1. The molecule has 0 saturated heterocycles. The van der Waals surface area contributed by atoms with Crippen LogP contribution in [0.2, 0.25) is 0 Å². The van der Waals surface area contributed by atoms with Gasteiger partial charge in [0.2, 0.25) is 5.91 Å². The minimum atomic E-state index is 0. The lowest BCUT2D eigenvalue weighted by atomic mass is 9.95. The normalized spacial score (nSPS) is 19.0. The summed E-state index contributed by atoms with van der Waals surface area (Å²) in [7, 11) is 2.02. The summed E-state index contributed by atoms with van der Waals surface area (Å²) in [5.41, 5.74) is 9.73. The average Bonchev–Trinajstić information content (AvgIpc) is 3.27. The summed E-state index contributed by atoms with van der Waals surface area (Å²) in [6.07, 6.45) is 3.08. The third-order valence-electron chi connectivity index (χ3n) is 5.50. The number of aromatic nitrogens is 2. The lowest BCUT2D eigenvalue weighted by Crippen LogP contribution is -2.29. The maximum absolute atomic E-state index is 12.5. The van der Waals surface area contributed by atoms with Gasteiger partial charge in [-0.1, -0.05) is 18.6 Å². The monoisotopic (exact) mass is 384 g/mol. The number of nitrogens with zero attached hydrogens (tertiary/aromatic N) is 2. The van der Waals surface area contributed by atoms with Crippen molar-refractivity contribution in [3.05, 3.63) is 48.5 Å². The highest BCUT2D eigenvalue weighted by Crippen LogP contribution is 2.32. The van der Waals surface area contributed by atoms with Crippen LogP contribution in [0.4, 0.5) is 5.69 Å². The van der Waals surface area contributed by atoms with E-state index in [0.717, 1.165) is 47.4 Å². The smallest absolute Gasteiger partial charge is 0.227 e. The number of carbonyl (C=O) groups excluding carboxylic acids is 1. The number of halogens is 1. The number of nitrogens with two attached hydrogens (primary N) is 1. The van der Waals surface area contributed by atoms with Crippen molar-refractivity contribution < 1.29 is 4.79 Å². The number of hydrogen-bond donors (Lipinski definition) is 2. The van der Waals surface area contributed by atoms with Gasteiger partial charge in [-0.2, -0.15) is 0 Å². The van der Waals surface area contributed by atoms with Crippen molar-refractivity contribution in [2.75, 3.05) is 11.9 Å². The fourth-order valence-electron chi connectivity index (χ4n) is 4.01. The Morgan fingerprint density at radius 2 is 1.93 bits per heavy atom. The van der Waals surface area contributed by atoms with Crippen molar-refractivity contribution in [1.82, 2.24) is 9.55 Å². The fraction of sp³-hybridized carbons (Fsp3) is 0.333. The predicted molar refractivity (Wildman–Crippen MR) is 112 cm³/mol. The number of hydrogen-bond acceptors (Lipinski definition) is 3. The van der Waals surface area contributed by atoms with Crippen molar-refractivity contribution in [2.24, 2.45) is 24.6 Å². The summed E-state index contributed by atoms with van der Waals surface area (Å²) in [4.78, 5) is 17.2.